The first-order chi connectivity index (χ1) is 9.08. The molecule has 4 aliphatic carbocycles. The lowest BCUT2D eigenvalue weighted by molar-refractivity contribution is -0.119. The van der Waals surface area contributed by atoms with Crippen molar-refractivity contribution in [2.24, 2.45) is 17.8 Å². The highest BCUT2D eigenvalue weighted by Crippen LogP contribution is 2.55. The quantitative estimate of drug-likeness (QED) is 0.793. The number of carbonyl (C=O) groups is 2. The van der Waals surface area contributed by atoms with Crippen molar-refractivity contribution in [2.75, 3.05) is 0 Å². The van der Waals surface area contributed by atoms with Crippen LogP contribution in [0.1, 0.15) is 44.9 Å². The summed E-state index contributed by atoms with van der Waals surface area (Å²) in [5, 5.41) is 13.7. The van der Waals surface area contributed by atoms with Gasteiger partial charge in [-0.15, -0.1) is 0 Å². The van der Waals surface area contributed by atoms with E-state index in [0.29, 0.717) is 0 Å². The molecular formula is C14H19N3O2. The number of nitrogens with one attached hydrogen (secondary N) is 2. The molecule has 0 aromatic rings. The fraction of sp³-hybridized carbons (Fsp3) is 0.786. The van der Waals surface area contributed by atoms with Gasteiger partial charge in [0.15, 0.2) is 0 Å². The molecule has 0 radical (unpaired) electrons. The third-order valence-electron chi connectivity index (χ3n) is 4.91. The Labute approximate surface area is 112 Å². The molecule has 0 aromatic carbocycles. The van der Waals surface area contributed by atoms with Gasteiger partial charge in [0.25, 0.3) is 0 Å². The Morgan fingerprint density at radius 1 is 1.11 bits per heavy atom. The molecule has 4 aliphatic rings. The average molecular weight is 261 g/mol. The van der Waals surface area contributed by atoms with Crippen molar-refractivity contribution in [1.29, 1.82) is 5.26 Å². The van der Waals surface area contributed by atoms with Gasteiger partial charge in [-0.3, -0.25) is 10.1 Å². The van der Waals surface area contributed by atoms with E-state index in [1.807, 2.05) is 0 Å². The zero-order valence-electron chi connectivity index (χ0n) is 10.9. The van der Waals surface area contributed by atoms with Crippen LogP contribution in [0.5, 0.6) is 0 Å². The summed E-state index contributed by atoms with van der Waals surface area (Å²) >= 11 is 0. The van der Waals surface area contributed by atoms with Gasteiger partial charge in [-0.2, -0.15) is 5.26 Å². The van der Waals surface area contributed by atoms with Crippen LogP contribution in [-0.4, -0.2) is 17.5 Å². The number of amides is 3. The fourth-order valence-corrected chi connectivity index (χ4v) is 4.78. The molecule has 4 fully saturated rings. The summed E-state index contributed by atoms with van der Waals surface area (Å²) in [6.45, 7) is 0. The van der Waals surface area contributed by atoms with Crippen LogP contribution in [0.15, 0.2) is 0 Å². The monoisotopic (exact) mass is 261 g/mol. The minimum atomic E-state index is -0.523. The van der Waals surface area contributed by atoms with Gasteiger partial charge >= 0.3 is 6.03 Å². The minimum Gasteiger partial charge on any atom is -0.332 e. The number of nitriles is 1. The van der Waals surface area contributed by atoms with Gasteiger partial charge in [-0.25, -0.2) is 4.79 Å². The molecule has 5 heteroatoms. The summed E-state index contributed by atoms with van der Waals surface area (Å²) < 4.78 is 0. The Balaban J connectivity index is 1.62. The van der Waals surface area contributed by atoms with E-state index >= 15 is 0 Å². The molecule has 5 nitrogen and oxygen atoms in total. The van der Waals surface area contributed by atoms with Crippen molar-refractivity contribution >= 4 is 11.9 Å². The largest absolute Gasteiger partial charge is 0.332 e. The van der Waals surface area contributed by atoms with E-state index in [2.05, 4.69) is 10.6 Å². The molecule has 19 heavy (non-hydrogen) atoms. The summed E-state index contributed by atoms with van der Waals surface area (Å²) in [5.74, 6) is 1.73. The van der Waals surface area contributed by atoms with Crippen LogP contribution >= 0.6 is 0 Å². The molecular weight excluding hydrogens is 242 g/mol. The normalized spacial score (nSPS) is 38.6. The van der Waals surface area contributed by atoms with Crippen molar-refractivity contribution in [3.63, 3.8) is 0 Å². The number of rotatable bonds is 2. The fourth-order valence-electron chi connectivity index (χ4n) is 4.78. The van der Waals surface area contributed by atoms with Gasteiger partial charge in [0.05, 0.1) is 6.07 Å². The van der Waals surface area contributed by atoms with Gasteiger partial charge in [0.1, 0.15) is 6.42 Å². The SMILES string of the molecule is N#CCC(=O)NC(=O)NC12CC3CC(CC(C3)C1)C2. The molecule has 0 saturated heterocycles. The standard InChI is InChI=1S/C14H19N3O2/c15-2-1-12(18)16-13(19)17-14-6-9-3-10(7-14)5-11(4-9)8-14/h9-11H,1,3-8H2,(H2,16,17,18,19). The zero-order valence-corrected chi connectivity index (χ0v) is 10.9. The molecule has 4 rings (SSSR count). The molecule has 0 atom stereocenters. The number of imide groups is 1. The van der Waals surface area contributed by atoms with E-state index < -0.39 is 11.9 Å². The molecule has 3 amide bonds. The summed E-state index contributed by atoms with van der Waals surface area (Å²) in [5.41, 5.74) is -0.0915. The number of carbonyl (C=O) groups excluding carboxylic acids is 2. The highest BCUT2D eigenvalue weighted by atomic mass is 16.2. The lowest BCUT2D eigenvalue weighted by Crippen LogP contribution is -2.61. The Kier molecular flexibility index (Phi) is 2.96. The van der Waals surface area contributed by atoms with Crippen LogP contribution in [-0.2, 0) is 4.79 Å². The van der Waals surface area contributed by atoms with Crippen LogP contribution in [0, 0.1) is 29.1 Å². The van der Waals surface area contributed by atoms with Crippen LogP contribution in [0.2, 0.25) is 0 Å². The highest BCUT2D eigenvalue weighted by Gasteiger charge is 2.51. The second-order valence-electron chi connectivity index (χ2n) is 6.54. The molecule has 0 unspecified atom stereocenters. The van der Waals surface area contributed by atoms with E-state index in [1.54, 1.807) is 6.07 Å². The molecule has 2 N–H and O–H groups in total. The van der Waals surface area contributed by atoms with Crippen molar-refractivity contribution in [1.82, 2.24) is 10.6 Å². The first-order valence-corrected chi connectivity index (χ1v) is 7.07. The molecule has 0 aliphatic heterocycles. The number of hydrogen-bond acceptors (Lipinski definition) is 3. The topological polar surface area (TPSA) is 82.0 Å². The van der Waals surface area contributed by atoms with Crippen molar-refractivity contribution in [3.05, 3.63) is 0 Å². The molecule has 0 heterocycles. The maximum atomic E-state index is 11.9. The van der Waals surface area contributed by atoms with Gasteiger partial charge < -0.3 is 5.32 Å². The van der Waals surface area contributed by atoms with E-state index in [1.165, 1.54) is 19.3 Å². The van der Waals surface area contributed by atoms with Crippen molar-refractivity contribution in [3.8, 4) is 6.07 Å². The molecule has 4 saturated carbocycles. The van der Waals surface area contributed by atoms with E-state index in [4.69, 9.17) is 5.26 Å². The Bertz CT molecular complexity index is 417. The first-order valence-electron chi connectivity index (χ1n) is 7.07. The molecule has 102 valence electrons. The van der Waals surface area contributed by atoms with Gasteiger partial charge in [-0.05, 0) is 56.3 Å². The van der Waals surface area contributed by atoms with Crippen LogP contribution in [0.3, 0.4) is 0 Å². The van der Waals surface area contributed by atoms with E-state index in [-0.39, 0.29) is 12.0 Å². The number of urea groups is 1. The second kappa shape index (κ2) is 4.52. The Hall–Kier alpha value is -1.57. The average Bonchev–Trinajstić information content (AvgIpc) is 2.25. The third kappa shape index (κ3) is 2.44. The van der Waals surface area contributed by atoms with Gasteiger partial charge in [-0.1, -0.05) is 0 Å². The van der Waals surface area contributed by atoms with Gasteiger partial charge in [0.2, 0.25) is 5.91 Å². The zero-order chi connectivity index (χ0) is 13.5. The second-order valence-corrected chi connectivity index (χ2v) is 6.54. The van der Waals surface area contributed by atoms with Crippen LogP contribution in [0.25, 0.3) is 0 Å². The number of nitrogens with zero attached hydrogens (tertiary/aromatic N) is 1. The predicted molar refractivity (Wildman–Crippen MR) is 67.8 cm³/mol. The summed E-state index contributed by atoms with van der Waals surface area (Å²) in [7, 11) is 0. The summed E-state index contributed by atoms with van der Waals surface area (Å²) in [6.07, 6.45) is 6.84. The molecule has 0 aromatic heterocycles. The van der Waals surface area contributed by atoms with Gasteiger partial charge in [0, 0.05) is 5.54 Å². The first kappa shape index (κ1) is 12.5. The lowest BCUT2D eigenvalue weighted by atomic mass is 9.53. The maximum absolute atomic E-state index is 11.9. The number of hydrogen-bond donors (Lipinski definition) is 2. The molecule has 0 spiro atoms. The van der Waals surface area contributed by atoms with Crippen LogP contribution < -0.4 is 10.6 Å². The highest BCUT2D eigenvalue weighted by molar-refractivity contribution is 5.95. The summed E-state index contributed by atoms with van der Waals surface area (Å²) in [4.78, 5) is 23.1. The van der Waals surface area contributed by atoms with Crippen LogP contribution in [0.4, 0.5) is 4.79 Å². The summed E-state index contributed by atoms with van der Waals surface area (Å²) in [6, 6.07) is 1.31. The minimum absolute atomic E-state index is 0.0915. The Morgan fingerprint density at radius 2 is 1.63 bits per heavy atom. The van der Waals surface area contributed by atoms with E-state index in [0.717, 1.165) is 37.0 Å². The maximum Gasteiger partial charge on any atom is 0.321 e. The lowest BCUT2D eigenvalue weighted by Gasteiger charge is -2.56. The van der Waals surface area contributed by atoms with Crippen molar-refractivity contribution in [2.45, 2.75) is 50.5 Å². The smallest absolute Gasteiger partial charge is 0.321 e. The predicted octanol–water partition coefficient (Wildman–Crippen LogP) is 1.69. The van der Waals surface area contributed by atoms with E-state index in [9.17, 15) is 9.59 Å². The van der Waals surface area contributed by atoms with Crippen molar-refractivity contribution < 1.29 is 9.59 Å². The Morgan fingerprint density at radius 3 is 2.11 bits per heavy atom. The third-order valence-corrected chi connectivity index (χ3v) is 4.91. The molecule has 4 bridgehead atoms.